The van der Waals surface area contributed by atoms with E-state index in [0.29, 0.717) is 13.2 Å². The summed E-state index contributed by atoms with van der Waals surface area (Å²) in [5.41, 5.74) is 4.63. The lowest BCUT2D eigenvalue weighted by molar-refractivity contribution is -0.125. The lowest BCUT2D eigenvalue weighted by Gasteiger charge is -2.13. The fourth-order valence-electron chi connectivity index (χ4n) is 4.24. The van der Waals surface area contributed by atoms with E-state index in [0.717, 1.165) is 62.2 Å². The summed E-state index contributed by atoms with van der Waals surface area (Å²) in [6.45, 7) is 10.7. The maximum Gasteiger partial charge on any atom is 0.223 e. The van der Waals surface area contributed by atoms with E-state index < -0.39 is 0 Å². The molecule has 0 fully saturated rings. The molecule has 1 aromatic heterocycles. The number of unbranched alkanes of at least 4 members (excludes halogenated alkanes) is 1. The highest BCUT2D eigenvalue weighted by Crippen LogP contribution is 2.21. The monoisotopic (exact) mass is 449 g/mol. The number of nitrogens with zero attached hydrogens (tertiary/aromatic N) is 2. The quantitative estimate of drug-likeness (QED) is 0.326. The molecule has 0 atom stereocenters. The summed E-state index contributed by atoms with van der Waals surface area (Å²) >= 11 is 0. The molecule has 0 saturated carbocycles. The Hall–Kier alpha value is -2.82. The first-order valence-electron chi connectivity index (χ1n) is 12.4. The third kappa shape index (κ3) is 6.83. The number of fused-ring (bicyclic) bond motifs is 1. The fourth-order valence-corrected chi connectivity index (χ4v) is 4.24. The molecule has 3 rings (SSSR count). The van der Waals surface area contributed by atoms with Crippen molar-refractivity contribution in [2.45, 2.75) is 72.8 Å². The van der Waals surface area contributed by atoms with Crippen LogP contribution in [-0.4, -0.2) is 28.6 Å². The lowest BCUT2D eigenvalue weighted by Crippen LogP contribution is -2.31. The number of amides is 1. The Morgan fingerprint density at radius 3 is 2.64 bits per heavy atom. The highest BCUT2D eigenvalue weighted by molar-refractivity contribution is 5.78. The summed E-state index contributed by atoms with van der Waals surface area (Å²) in [6, 6.07) is 14.7. The first kappa shape index (κ1) is 24.8. The molecule has 0 aliphatic heterocycles. The number of aromatic nitrogens is 2. The predicted octanol–water partition coefficient (Wildman–Crippen LogP) is 6.00. The third-order valence-corrected chi connectivity index (χ3v) is 6.34. The van der Waals surface area contributed by atoms with Gasteiger partial charge in [-0.15, -0.1) is 0 Å². The van der Waals surface area contributed by atoms with Crippen LogP contribution >= 0.6 is 0 Å². The largest absolute Gasteiger partial charge is 0.493 e. The van der Waals surface area contributed by atoms with E-state index in [-0.39, 0.29) is 11.8 Å². The average molecular weight is 450 g/mol. The predicted molar refractivity (Wildman–Crippen MR) is 136 cm³/mol. The van der Waals surface area contributed by atoms with Gasteiger partial charge in [-0.1, -0.05) is 38.1 Å². The summed E-state index contributed by atoms with van der Waals surface area (Å²) in [5.74, 6) is 2.39. The smallest absolute Gasteiger partial charge is 0.223 e. The molecular formula is C28H39N3O2. The summed E-state index contributed by atoms with van der Waals surface area (Å²) in [6.07, 6.45) is 5.56. The van der Waals surface area contributed by atoms with E-state index in [4.69, 9.17) is 9.72 Å². The molecule has 3 aromatic rings. The van der Waals surface area contributed by atoms with Crippen molar-refractivity contribution in [2.75, 3.05) is 13.2 Å². The van der Waals surface area contributed by atoms with Crippen LogP contribution in [0, 0.1) is 19.8 Å². The SMILES string of the molecule is CCC(CC)C(=O)NCCCc1nc2ccccc2n1CCCCOc1cc(C)ccc1C. The highest BCUT2D eigenvalue weighted by atomic mass is 16.5. The lowest BCUT2D eigenvalue weighted by atomic mass is 10.0. The molecule has 2 aromatic carbocycles. The van der Waals surface area contributed by atoms with Crippen LogP contribution < -0.4 is 10.1 Å². The molecule has 0 unspecified atom stereocenters. The van der Waals surface area contributed by atoms with Crippen LogP contribution in [0.15, 0.2) is 42.5 Å². The molecule has 0 bridgehead atoms. The molecule has 0 saturated heterocycles. The molecule has 33 heavy (non-hydrogen) atoms. The van der Waals surface area contributed by atoms with Crippen molar-refractivity contribution < 1.29 is 9.53 Å². The van der Waals surface area contributed by atoms with Gasteiger partial charge in [0.1, 0.15) is 11.6 Å². The zero-order chi connectivity index (χ0) is 23.6. The Morgan fingerprint density at radius 2 is 1.85 bits per heavy atom. The molecule has 1 N–H and O–H groups in total. The number of aryl methyl sites for hydroxylation is 4. The van der Waals surface area contributed by atoms with Crippen molar-refractivity contribution in [2.24, 2.45) is 5.92 Å². The van der Waals surface area contributed by atoms with Gasteiger partial charge in [-0.3, -0.25) is 4.79 Å². The van der Waals surface area contributed by atoms with Crippen molar-refractivity contribution in [3.05, 3.63) is 59.4 Å². The van der Waals surface area contributed by atoms with Crippen molar-refractivity contribution in [1.82, 2.24) is 14.9 Å². The van der Waals surface area contributed by atoms with Crippen LogP contribution in [0.4, 0.5) is 0 Å². The van der Waals surface area contributed by atoms with Crippen molar-refractivity contribution in [3.8, 4) is 5.75 Å². The van der Waals surface area contributed by atoms with Crippen LogP contribution in [0.25, 0.3) is 11.0 Å². The molecule has 178 valence electrons. The number of ether oxygens (including phenoxy) is 1. The molecule has 1 heterocycles. The number of hydrogen-bond acceptors (Lipinski definition) is 3. The fraction of sp³-hybridized carbons (Fsp3) is 0.500. The Kier molecular flexibility index (Phi) is 9.35. The average Bonchev–Trinajstić information content (AvgIpc) is 3.17. The standard InChI is InChI=1S/C28H39N3O2/c1-5-23(6-2)28(32)29-17-11-14-27-30-24-12-7-8-13-25(24)31(27)18-9-10-19-33-26-20-21(3)15-16-22(26)4/h7-8,12-13,15-16,20,23H,5-6,9-11,14,17-19H2,1-4H3,(H,29,32). The minimum absolute atomic E-state index is 0.125. The topological polar surface area (TPSA) is 56.2 Å². The Bertz CT molecular complexity index is 1040. The molecule has 0 aliphatic rings. The van der Waals surface area contributed by atoms with Gasteiger partial charge in [0.25, 0.3) is 0 Å². The molecule has 0 radical (unpaired) electrons. The van der Waals surface area contributed by atoms with E-state index in [1.54, 1.807) is 0 Å². The van der Waals surface area contributed by atoms with Gasteiger partial charge in [0.2, 0.25) is 5.91 Å². The van der Waals surface area contributed by atoms with Gasteiger partial charge in [-0.25, -0.2) is 4.98 Å². The van der Waals surface area contributed by atoms with E-state index in [1.807, 2.05) is 6.07 Å². The second-order valence-electron chi connectivity index (χ2n) is 8.90. The van der Waals surface area contributed by atoms with E-state index in [2.05, 4.69) is 74.0 Å². The van der Waals surface area contributed by atoms with Crippen LogP contribution in [-0.2, 0) is 17.8 Å². The van der Waals surface area contributed by atoms with Gasteiger partial charge in [0.05, 0.1) is 17.6 Å². The first-order chi connectivity index (χ1) is 16.0. The Balaban J connectivity index is 1.53. The van der Waals surface area contributed by atoms with Gasteiger partial charge in [0, 0.05) is 25.4 Å². The van der Waals surface area contributed by atoms with Gasteiger partial charge < -0.3 is 14.6 Å². The van der Waals surface area contributed by atoms with Gasteiger partial charge in [-0.05, 0) is 75.3 Å². The highest BCUT2D eigenvalue weighted by Gasteiger charge is 2.14. The number of nitrogens with one attached hydrogen (secondary N) is 1. The molecule has 5 heteroatoms. The molecular weight excluding hydrogens is 410 g/mol. The molecule has 0 aliphatic carbocycles. The van der Waals surface area contributed by atoms with E-state index in [1.165, 1.54) is 16.6 Å². The molecule has 0 spiro atoms. The number of benzene rings is 2. The Morgan fingerprint density at radius 1 is 1.06 bits per heavy atom. The second-order valence-corrected chi connectivity index (χ2v) is 8.90. The van der Waals surface area contributed by atoms with Crippen molar-refractivity contribution in [3.63, 3.8) is 0 Å². The molecule has 5 nitrogen and oxygen atoms in total. The summed E-state index contributed by atoms with van der Waals surface area (Å²) in [7, 11) is 0. The van der Waals surface area contributed by atoms with Crippen LogP contribution in [0.2, 0.25) is 0 Å². The van der Waals surface area contributed by atoms with Crippen molar-refractivity contribution >= 4 is 16.9 Å². The third-order valence-electron chi connectivity index (χ3n) is 6.34. The van der Waals surface area contributed by atoms with Crippen LogP contribution in [0.5, 0.6) is 5.75 Å². The number of imidazole rings is 1. The first-order valence-corrected chi connectivity index (χ1v) is 12.4. The zero-order valence-corrected chi connectivity index (χ0v) is 20.7. The van der Waals surface area contributed by atoms with Crippen LogP contribution in [0.1, 0.15) is 62.9 Å². The van der Waals surface area contributed by atoms with Crippen LogP contribution in [0.3, 0.4) is 0 Å². The summed E-state index contributed by atoms with van der Waals surface area (Å²) < 4.78 is 8.37. The van der Waals surface area contributed by atoms with E-state index >= 15 is 0 Å². The maximum atomic E-state index is 12.2. The minimum Gasteiger partial charge on any atom is -0.493 e. The van der Waals surface area contributed by atoms with Gasteiger partial charge in [0.15, 0.2) is 0 Å². The number of para-hydroxylation sites is 2. The normalized spacial score (nSPS) is 11.3. The second kappa shape index (κ2) is 12.4. The number of hydrogen-bond donors (Lipinski definition) is 1. The maximum absolute atomic E-state index is 12.2. The van der Waals surface area contributed by atoms with Crippen molar-refractivity contribution in [1.29, 1.82) is 0 Å². The zero-order valence-electron chi connectivity index (χ0n) is 20.7. The number of carbonyl (C=O) groups excluding carboxylic acids is 1. The molecule has 1 amide bonds. The van der Waals surface area contributed by atoms with Gasteiger partial charge in [-0.2, -0.15) is 0 Å². The van der Waals surface area contributed by atoms with E-state index in [9.17, 15) is 4.79 Å². The Labute approximate surface area is 198 Å². The minimum atomic E-state index is 0.125. The van der Waals surface area contributed by atoms with Gasteiger partial charge >= 0.3 is 0 Å². The number of rotatable bonds is 13. The number of carbonyl (C=O) groups is 1. The summed E-state index contributed by atoms with van der Waals surface area (Å²) in [4.78, 5) is 17.1. The summed E-state index contributed by atoms with van der Waals surface area (Å²) in [5, 5.41) is 3.10.